The topological polar surface area (TPSA) is 20.3 Å². The summed E-state index contributed by atoms with van der Waals surface area (Å²) in [6, 6.07) is 14.5. The van der Waals surface area contributed by atoms with Gasteiger partial charge in [-0.3, -0.25) is 4.79 Å². The summed E-state index contributed by atoms with van der Waals surface area (Å²) in [6.07, 6.45) is 4.38. The molecule has 2 aromatic carbocycles. The lowest BCUT2D eigenvalue weighted by Crippen LogP contribution is -2.20. The first-order chi connectivity index (χ1) is 8.68. The van der Waals surface area contributed by atoms with Crippen molar-refractivity contribution < 1.29 is 4.79 Å². The van der Waals surface area contributed by atoms with Gasteiger partial charge in [0.05, 0.1) is 0 Å². The molecule has 0 atom stereocenters. The van der Waals surface area contributed by atoms with Crippen LogP contribution in [0.4, 0.5) is 0 Å². The zero-order valence-electron chi connectivity index (χ0n) is 10.8. The van der Waals surface area contributed by atoms with E-state index < -0.39 is 0 Å². The van der Waals surface area contributed by atoms with Gasteiger partial charge in [-0.05, 0) is 16.3 Å². The van der Waals surface area contributed by atoms with E-state index in [2.05, 4.69) is 24.3 Å². The zero-order chi connectivity index (χ0) is 13.0. The van der Waals surface area contributed by atoms with Gasteiger partial charge in [-0.1, -0.05) is 54.6 Å². The molecule has 0 spiro atoms. The number of carbonyl (C=O) groups is 1. The van der Waals surface area contributed by atoms with Crippen molar-refractivity contribution in [2.24, 2.45) is 0 Å². The second-order valence-electron chi connectivity index (χ2n) is 4.46. The monoisotopic (exact) mass is 239 g/mol. The van der Waals surface area contributed by atoms with Crippen LogP contribution in [0.3, 0.4) is 0 Å². The largest absolute Gasteiger partial charge is 0.349 e. The third kappa shape index (κ3) is 2.77. The summed E-state index contributed by atoms with van der Waals surface area (Å²) in [5.41, 5.74) is 1.15. The molecule has 2 nitrogen and oxygen atoms in total. The molecule has 0 fully saturated rings. The molecule has 0 aliphatic carbocycles. The molecule has 0 heterocycles. The third-order valence-electron chi connectivity index (χ3n) is 2.91. The molecule has 2 heteroatoms. The smallest absolute Gasteiger partial charge is 0.225 e. The highest BCUT2D eigenvalue weighted by molar-refractivity contribution is 5.91. The average molecular weight is 239 g/mol. The molecule has 0 radical (unpaired) electrons. The lowest BCUT2D eigenvalue weighted by Gasteiger charge is -2.07. The lowest BCUT2D eigenvalue weighted by atomic mass is 10.0. The maximum atomic E-state index is 11.5. The molecule has 2 aromatic rings. The van der Waals surface area contributed by atoms with Gasteiger partial charge in [0, 0.05) is 20.5 Å². The van der Waals surface area contributed by atoms with Gasteiger partial charge in [-0.15, -0.1) is 0 Å². The van der Waals surface area contributed by atoms with Gasteiger partial charge in [-0.2, -0.15) is 0 Å². The van der Waals surface area contributed by atoms with E-state index in [0.717, 1.165) is 5.56 Å². The molecule has 0 aromatic heterocycles. The van der Waals surface area contributed by atoms with Gasteiger partial charge in [0.15, 0.2) is 0 Å². The molecular weight excluding hydrogens is 222 g/mol. The standard InChI is InChI=1S/C16H17NO/c1-17(2)16(18)12-6-10-14-9-5-8-13-7-3-4-11-15(13)14/h3-11H,12H2,1-2H3/b10-6+. The van der Waals surface area contributed by atoms with Crippen molar-refractivity contribution in [1.29, 1.82) is 0 Å². The fraction of sp³-hybridized carbons (Fsp3) is 0.188. The van der Waals surface area contributed by atoms with Gasteiger partial charge < -0.3 is 4.90 Å². The van der Waals surface area contributed by atoms with Crippen molar-refractivity contribution >= 4 is 22.8 Å². The quantitative estimate of drug-likeness (QED) is 0.804. The van der Waals surface area contributed by atoms with Crippen molar-refractivity contribution in [3.05, 3.63) is 54.1 Å². The van der Waals surface area contributed by atoms with Crippen LogP contribution < -0.4 is 0 Å². The highest BCUT2D eigenvalue weighted by atomic mass is 16.2. The highest BCUT2D eigenvalue weighted by Crippen LogP contribution is 2.19. The number of rotatable bonds is 3. The predicted octanol–water partition coefficient (Wildman–Crippen LogP) is 3.33. The van der Waals surface area contributed by atoms with E-state index in [1.165, 1.54) is 10.8 Å². The molecular formula is C16H17NO. The summed E-state index contributed by atoms with van der Waals surface area (Å²) in [5.74, 6) is 0.117. The molecule has 18 heavy (non-hydrogen) atoms. The van der Waals surface area contributed by atoms with Gasteiger partial charge >= 0.3 is 0 Å². The molecule has 0 saturated heterocycles. The third-order valence-corrected chi connectivity index (χ3v) is 2.91. The van der Waals surface area contributed by atoms with E-state index in [9.17, 15) is 4.79 Å². The Morgan fingerprint density at radius 2 is 1.83 bits per heavy atom. The van der Waals surface area contributed by atoms with Crippen LogP contribution in [0.15, 0.2) is 48.5 Å². The Morgan fingerprint density at radius 3 is 2.61 bits per heavy atom. The fourth-order valence-corrected chi connectivity index (χ4v) is 1.87. The van der Waals surface area contributed by atoms with Crippen molar-refractivity contribution in [1.82, 2.24) is 4.90 Å². The van der Waals surface area contributed by atoms with Crippen LogP contribution in [0.25, 0.3) is 16.8 Å². The second kappa shape index (κ2) is 5.50. The molecule has 0 aliphatic heterocycles. The van der Waals surface area contributed by atoms with Gasteiger partial charge in [0.25, 0.3) is 0 Å². The number of hydrogen-bond acceptors (Lipinski definition) is 1. The molecule has 2 rings (SSSR count). The van der Waals surface area contributed by atoms with Crippen molar-refractivity contribution in [2.75, 3.05) is 14.1 Å². The van der Waals surface area contributed by atoms with E-state index in [4.69, 9.17) is 0 Å². The van der Waals surface area contributed by atoms with Crippen molar-refractivity contribution in [3.8, 4) is 0 Å². The zero-order valence-corrected chi connectivity index (χ0v) is 10.8. The Balaban J connectivity index is 2.22. The maximum Gasteiger partial charge on any atom is 0.225 e. The van der Waals surface area contributed by atoms with Crippen molar-refractivity contribution in [2.45, 2.75) is 6.42 Å². The van der Waals surface area contributed by atoms with Crippen LogP contribution >= 0.6 is 0 Å². The number of fused-ring (bicyclic) bond motifs is 1. The van der Waals surface area contributed by atoms with Gasteiger partial charge in [0.1, 0.15) is 0 Å². The van der Waals surface area contributed by atoms with E-state index in [-0.39, 0.29) is 5.91 Å². The molecule has 0 saturated carbocycles. The Hall–Kier alpha value is -2.09. The van der Waals surface area contributed by atoms with Crippen LogP contribution in [0.2, 0.25) is 0 Å². The average Bonchev–Trinajstić information content (AvgIpc) is 2.38. The fourth-order valence-electron chi connectivity index (χ4n) is 1.87. The van der Waals surface area contributed by atoms with E-state index in [1.54, 1.807) is 19.0 Å². The first-order valence-electron chi connectivity index (χ1n) is 6.03. The molecule has 0 N–H and O–H groups in total. The molecule has 0 aliphatic rings. The van der Waals surface area contributed by atoms with Gasteiger partial charge in [0.2, 0.25) is 5.91 Å². The Morgan fingerprint density at radius 1 is 1.11 bits per heavy atom. The number of hydrogen-bond donors (Lipinski definition) is 0. The highest BCUT2D eigenvalue weighted by Gasteiger charge is 2.00. The molecule has 92 valence electrons. The minimum Gasteiger partial charge on any atom is -0.349 e. The van der Waals surface area contributed by atoms with Gasteiger partial charge in [-0.25, -0.2) is 0 Å². The van der Waals surface area contributed by atoms with Crippen LogP contribution in [-0.4, -0.2) is 24.9 Å². The summed E-state index contributed by atoms with van der Waals surface area (Å²) in [5, 5.41) is 2.44. The predicted molar refractivity (Wildman–Crippen MR) is 76.3 cm³/mol. The van der Waals surface area contributed by atoms with E-state index in [0.29, 0.717) is 6.42 Å². The van der Waals surface area contributed by atoms with Crippen LogP contribution in [0.5, 0.6) is 0 Å². The summed E-state index contributed by atoms with van der Waals surface area (Å²) < 4.78 is 0. The Bertz CT molecular complexity index is 579. The first-order valence-corrected chi connectivity index (χ1v) is 6.03. The van der Waals surface area contributed by atoms with E-state index >= 15 is 0 Å². The van der Waals surface area contributed by atoms with Crippen LogP contribution in [-0.2, 0) is 4.79 Å². The molecule has 0 bridgehead atoms. The molecule has 1 amide bonds. The maximum absolute atomic E-state index is 11.5. The first kappa shape index (κ1) is 12.4. The number of carbonyl (C=O) groups excluding carboxylic acids is 1. The second-order valence-corrected chi connectivity index (χ2v) is 4.46. The summed E-state index contributed by atoms with van der Waals surface area (Å²) in [4.78, 5) is 13.1. The summed E-state index contributed by atoms with van der Waals surface area (Å²) in [7, 11) is 3.54. The number of amides is 1. The SMILES string of the molecule is CN(C)C(=O)C/C=C/c1cccc2ccccc12. The number of benzene rings is 2. The van der Waals surface area contributed by atoms with Crippen molar-refractivity contribution in [3.63, 3.8) is 0 Å². The minimum absolute atomic E-state index is 0.117. The molecule has 0 unspecified atom stereocenters. The Labute approximate surface area is 108 Å². The van der Waals surface area contributed by atoms with E-state index in [1.807, 2.05) is 30.4 Å². The van der Waals surface area contributed by atoms with Crippen LogP contribution in [0.1, 0.15) is 12.0 Å². The Kier molecular flexibility index (Phi) is 3.78. The minimum atomic E-state index is 0.117. The summed E-state index contributed by atoms with van der Waals surface area (Å²) >= 11 is 0. The summed E-state index contributed by atoms with van der Waals surface area (Å²) in [6.45, 7) is 0. The van der Waals surface area contributed by atoms with Crippen LogP contribution in [0, 0.1) is 0 Å². The number of nitrogens with zero attached hydrogens (tertiary/aromatic N) is 1. The lowest BCUT2D eigenvalue weighted by molar-refractivity contribution is -0.127. The normalized spacial score (nSPS) is 11.0.